The number of rotatable bonds is 4. The largest absolute Gasteiger partial charge is 0.348 e. The molecule has 0 unspecified atom stereocenters. The van der Waals surface area contributed by atoms with E-state index in [9.17, 15) is 10.1 Å². The van der Waals surface area contributed by atoms with Gasteiger partial charge in [0.25, 0.3) is 6.20 Å². The lowest BCUT2D eigenvalue weighted by Gasteiger charge is -2.08. The first-order valence-corrected chi connectivity index (χ1v) is 6.66. The second kappa shape index (κ2) is 5.74. The van der Waals surface area contributed by atoms with Crippen LogP contribution in [0.5, 0.6) is 0 Å². The van der Waals surface area contributed by atoms with Gasteiger partial charge in [-0.15, -0.1) is 11.3 Å². The maximum Gasteiger partial charge on any atom is 0.260 e. The number of nitrogens with zero attached hydrogens (tertiary/aromatic N) is 2. The van der Waals surface area contributed by atoms with Crippen molar-refractivity contribution in [2.24, 2.45) is 0 Å². The molecule has 1 aromatic heterocycles. The first-order chi connectivity index (χ1) is 8.66. The predicted octanol–water partition coefficient (Wildman–Crippen LogP) is 3.59. The predicted molar refractivity (Wildman–Crippen MR) is 74.9 cm³/mol. The minimum Gasteiger partial charge on any atom is -0.348 e. The number of benzene rings is 1. The quantitative estimate of drug-likeness (QED) is 0.689. The zero-order valence-corrected chi connectivity index (χ0v) is 11.4. The number of halogens is 1. The third-order valence-corrected chi connectivity index (χ3v) is 3.36. The Balaban J connectivity index is 2.33. The van der Waals surface area contributed by atoms with Gasteiger partial charge in [0.2, 0.25) is 0 Å². The molecule has 1 heterocycles. The van der Waals surface area contributed by atoms with Crippen LogP contribution in [0.1, 0.15) is 5.69 Å². The summed E-state index contributed by atoms with van der Waals surface area (Å²) in [6.45, 7) is 0. The van der Waals surface area contributed by atoms with Crippen LogP contribution in [0.2, 0.25) is 0 Å². The highest BCUT2D eigenvalue weighted by atomic mass is 79.9. The van der Waals surface area contributed by atoms with Crippen LogP contribution in [0.3, 0.4) is 0 Å². The molecule has 0 saturated heterocycles. The molecule has 0 aliphatic heterocycles. The van der Waals surface area contributed by atoms with Crippen LogP contribution >= 0.6 is 27.3 Å². The summed E-state index contributed by atoms with van der Waals surface area (Å²) < 4.78 is 0.828. The summed E-state index contributed by atoms with van der Waals surface area (Å²) in [5, 5.41) is 15.4. The molecule has 0 saturated carbocycles. The van der Waals surface area contributed by atoms with Gasteiger partial charge in [-0.2, -0.15) is 0 Å². The van der Waals surface area contributed by atoms with Gasteiger partial charge in [0.1, 0.15) is 11.4 Å². The Hall–Kier alpha value is -1.73. The Morgan fingerprint density at radius 2 is 2.28 bits per heavy atom. The van der Waals surface area contributed by atoms with E-state index in [1.807, 2.05) is 24.3 Å². The summed E-state index contributed by atoms with van der Waals surface area (Å²) in [5.41, 5.74) is 3.28. The van der Waals surface area contributed by atoms with E-state index in [1.165, 1.54) is 11.3 Å². The van der Waals surface area contributed by atoms with Gasteiger partial charge in [0, 0.05) is 9.85 Å². The normalized spacial score (nSPS) is 11.3. The molecule has 1 aromatic carbocycles. The van der Waals surface area contributed by atoms with Gasteiger partial charge in [0.15, 0.2) is 0 Å². The lowest BCUT2D eigenvalue weighted by atomic mass is 10.3. The van der Waals surface area contributed by atoms with Gasteiger partial charge >= 0.3 is 0 Å². The molecule has 1 N–H and O–H groups in total. The summed E-state index contributed by atoms with van der Waals surface area (Å²) in [4.78, 5) is 14.2. The number of nitro groups is 1. The smallest absolute Gasteiger partial charge is 0.260 e. The average molecular weight is 326 g/mol. The van der Waals surface area contributed by atoms with Gasteiger partial charge < -0.3 is 5.32 Å². The van der Waals surface area contributed by atoms with Crippen molar-refractivity contribution in [3.8, 4) is 0 Å². The SMILES string of the molecule is O=[N+]([O-])/C=C(\Nc1ccccc1Br)c1cscn1. The summed E-state index contributed by atoms with van der Waals surface area (Å²) >= 11 is 4.76. The van der Waals surface area contributed by atoms with E-state index in [0.29, 0.717) is 11.4 Å². The van der Waals surface area contributed by atoms with Crippen LogP contribution < -0.4 is 5.32 Å². The van der Waals surface area contributed by atoms with Crippen molar-refractivity contribution in [3.05, 3.63) is 61.6 Å². The topological polar surface area (TPSA) is 68.1 Å². The highest BCUT2D eigenvalue weighted by molar-refractivity contribution is 9.10. The molecular weight excluding hydrogens is 318 g/mol. The molecule has 2 rings (SSSR count). The highest BCUT2D eigenvalue weighted by Gasteiger charge is 2.10. The molecule has 0 aliphatic carbocycles. The fraction of sp³-hybridized carbons (Fsp3) is 0. The molecule has 0 bridgehead atoms. The van der Waals surface area contributed by atoms with Crippen LogP contribution in [0.4, 0.5) is 5.69 Å². The minimum atomic E-state index is -0.501. The van der Waals surface area contributed by atoms with Crippen molar-refractivity contribution in [1.82, 2.24) is 4.98 Å². The molecule has 7 heteroatoms. The van der Waals surface area contributed by atoms with Gasteiger partial charge in [-0.1, -0.05) is 12.1 Å². The maximum absolute atomic E-state index is 10.6. The van der Waals surface area contributed by atoms with E-state index in [4.69, 9.17) is 0 Å². The molecule has 92 valence electrons. The average Bonchev–Trinajstić information content (AvgIpc) is 2.84. The zero-order valence-electron chi connectivity index (χ0n) is 9.04. The summed E-state index contributed by atoms with van der Waals surface area (Å²) in [5.74, 6) is 0. The Bertz CT molecular complexity index is 584. The van der Waals surface area contributed by atoms with E-state index in [0.717, 1.165) is 16.4 Å². The molecule has 0 amide bonds. The van der Waals surface area contributed by atoms with Crippen LogP contribution in [0, 0.1) is 10.1 Å². The van der Waals surface area contributed by atoms with Crippen molar-refractivity contribution in [2.75, 3.05) is 5.32 Å². The van der Waals surface area contributed by atoms with Crippen LogP contribution in [-0.2, 0) is 0 Å². The van der Waals surface area contributed by atoms with E-state index in [2.05, 4.69) is 26.2 Å². The maximum atomic E-state index is 10.6. The minimum absolute atomic E-state index is 0.355. The number of hydrogen-bond acceptors (Lipinski definition) is 5. The number of anilines is 1. The molecule has 2 aromatic rings. The molecule has 0 spiro atoms. The first-order valence-electron chi connectivity index (χ1n) is 4.92. The van der Waals surface area contributed by atoms with Gasteiger partial charge in [-0.3, -0.25) is 10.1 Å². The molecular formula is C11H8BrN3O2S. The number of aromatic nitrogens is 1. The third-order valence-electron chi connectivity index (χ3n) is 2.09. The van der Waals surface area contributed by atoms with E-state index < -0.39 is 4.92 Å². The van der Waals surface area contributed by atoms with Crippen molar-refractivity contribution in [3.63, 3.8) is 0 Å². The fourth-order valence-corrected chi connectivity index (χ4v) is 2.26. The van der Waals surface area contributed by atoms with Gasteiger partial charge in [0.05, 0.1) is 16.1 Å². The second-order valence-electron chi connectivity index (χ2n) is 3.31. The van der Waals surface area contributed by atoms with Crippen LogP contribution in [0.15, 0.2) is 45.8 Å². The number of nitrogens with one attached hydrogen (secondary N) is 1. The summed E-state index contributed by atoms with van der Waals surface area (Å²) in [7, 11) is 0. The Labute approximate surface area is 115 Å². The van der Waals surface area contributed by atoms with E-state index >= 15 is 0 Å². The molecule has 0 atom stereocenters. The molecule has 5 nitrogen and oxygen atoms in total. The summed E-state index contributed by atoms with van der Waals surface area (Å²) in [6, 6.07) is 7.39. The van der Waals surface area contributed by atoms with Crippen molar-refractivity contribution in [1.29, 1.82) is 0 Å². The van der Waals surface area contributed by atoms with E-state index in [1.54, 1.807) is 10.9 Å². The third kappa shape index (κ3) is 3.14. The molecule has 0 aliphatic rings. The number of hydrogen-bond donors (Lipinski definition) is 1. The van der Waals surface area contributed by atoms with Crippen molar-refractivity contribution in [2.45, 2.75) is 0 Å². The Kier molecular flexibility index (Phi) is 4.06. The van der Waals surface area contributed by atoms with Gasteiger partial charge in [-0.25, -0.2) is 4.98 Å². The number of para-hydroxylation sites is 1. The van der Waals surface area contributed by atoms with E-state index in [-0.39, 0.29) is 0 Å². The highest BCUT2D eigenvalue weighted by Crippen LogP contribution is 2.25. The van der Waals surface area contributed by atoms with Crippen LogP contribution in [-0.4, -0.2) is 9.91 Å². The molecule has 0 radical (unpaired) electrons. The molecule has 0 fully saturated rings. The lowest BCUT2D eigenvalue weighted by molar-refractivity contribution is -0.401. The Morgan fingerprint density at radius 1 is 1.50 bits per heavy atom. The number of thiazole rings is 1. The van der Waals surface area contributed by atoms with Gasteiger partial charge in [-0.05, 0) is 28.1 Å². The van der Waals surface area contributed by atoms with Crippen LogP contribution in [0.25, 0.3) is 5.70 Å². The molecule has 18 heavy (non-hydrogen) atoms. The standard InChI is InChI=1S/C11H8BrN3O2S/c12-8-3-1-2-4-9(8)14-10(5-15(16)17)11-6-18-7-13-11/h1-7,14H/b10-5-. The fourth-order valence-electron chi connectivity index (χ4n) is 1.32. The second-order valence-corrected chi connectivity index (χ2v) is 4.88. The lowest BCUT2D eigenvalue weighted by Crippen LogP contribution is -2.02. The zero-order chi connectivity index (χ0) is 13.0. The monoisotopic (exact) mass is 325 g/mol. The van der Waals surface area contributed by atoms with Crippen molar-refractivity contribution < 1.29 is 4.92 Å². The van der Waals surface area contributed by atoms with Crippen molar-refractivity contribution >= 4 is 38.7 Å². The first kappa shape index (κ1) is 12.7. The Morgan fingerprint density at radius 3 is 2.89 bits per heavy atom. The summed E-state index contributed by atoms with van der Waals surface area (Å²) in [6.07, 6.45) is 0.911.